The number of methoxy groups -OCH3 is 1. The van der Waals surface area contributed by atoms with Crippen molar-refractivity contribution in [2.45, 2.75) is 91.3 Å². The smallest absolute Gasteiger partial charge is 0.411 e. The summed E-state index contributed by atoms with van der Waals surface area (Å²) in [6, 6.07) is 21.1. The zero-order valence-corrected chi connectivity index (χ0v) is 48.4. The molecule has 4 aliphatic heterocycles. The number of carbonyl (C=O) groups excluding carboxylic acids is 4. The summed E-state index contributed by atoms with van der Waals surface area (Å²) in [5, 5.41) is 3.08. The molecular formula is C62H83N11O8. The molecule has 0 saturated carbocycles. The molecule has 2 N–H and O–H groups in total. The lowest BCUT2D eigenvalue weighted by atomic mass is 9.89. The molecule has 0 aliphatic carbocycles. The molecule has 4 aliphatic rings. The van der Waals surface area contributed by atoms with Crippen LogP contribution in [0.1, 0.15) is 109 Å². The van der Waals surface area contributed by atoms with Gasteiger partial charge < -0.3 is 44.1 Å². The van der Waals surface area contributed by atoms with Gasteiger partial charge in [-0.05, 0) is 138 Å². The highest BCUT2D eigenvalue weighted by Crippen LogP contribution is 2.31. The summed E-state index contributed by atoms with van der Waals surface area (Å²) in [4.78, 5) is 94.1. The number of amides is 4. The number of fused-ring (bicyclic) bond motifs is 1. The lowest BCUT2D eigenvalue weighted by Crippen LogP contribution is -2.50. The molecule has 0 radical (unpaired) electrons. The van der Waals surface area contributed by atoms with E-state index in [2.05, 4.69) is 45.9 Å². The molecule has 0 spiro atoms. The predicted molar refractivity (Wildman–Crippen MR) is 313 cm³/mol. The van der Waals surface area contributed by atoms with E-state index in [9.17, 15) is 24.0 Å². The second-order valence-corrected chi connectivity index (χ2v) is 23.1. The van der Waals surface area contributed by atoms with Gasteiger partial charge in [0, 0.05) is 126 Å². The number of hydrogen-bond acceptors (Lipinski definition) is 14. The molecule has 434 valence electrons. The lowest BCUT2D eigenvalue weighted by Gasteiger charge is -2.39. The van der Waals surface area contributed by atoms with Gasteiger partial charge in [0.1, 0.15) is 29.3 Å². The number of ether oxygens (including phenoxy) is 3. The van der Waals surface area contributed by atoms with Gasteiger partial charge in [0.2, 0.25) is 5.91 Å². The van der Waals surface area contributed by atoms with Crippen LogP contribution >= 0.6 is 0 Å². The zero-order chi connectivity index (χ0) is 57.0. The van der Waals surface area contributed by atoms with E-state index >= 15 is 0 Å². The highest BCUT2D eigenvalue weighted by Gasteiger charge is 2.32. The number of nitrogens with zero attached hydrogens (tertiary/aromatic N) is 9. The summed E-state index contributed by atoms with van der Waals surface area (Å²) in [6.07, 6.45) is 7.71. The van der Waals surface area contributed by atoms with Crippen molar-refractivity contribution in [1.82, 2.24) is 49.7 Å². The molecule has 0 unspecified atom stereocenters. The van der Waals surface area contributed by atoms with Gasteiger partial charge in [0.25, 0.3) is 17.4 Å². The summed E-state index contributed by atoms with van der Waals surface area (Å²) in [6.45, 7) is 22.4. The number of nitrogens with one attached hydrogen (secondary N) is 2. The number of aromatic amines is 1. The molecule has 2 aromatic carbocycles. The average Bonchev–Trinajstić information content (AvgIpc) is 3.58. The lowest BCUT2D eigenvalue weighted by molar-refractivity contribution is -0.133. The molecule has 4 saturated heterocycles. The van der Waals surface area contributed by atoms with E-state index in [1.54, 1.807) is 19.4 Å². The molecule has 19 heteroatoms. The molecule has 1 atom stereocenters. The number of H-pyrrole nitrogens is 1. The maximum Gasteiger partial charge on any atom is 0.411 e. The summed E-state index contributed by atoms with van der Waals surface area (Å²) in [7, 11) is 1.59. The molecule has 81 heavy (non-hydrogen) atoms. The number of benzene rings is 2. The van der Waals surface area contributed by atoms with Crippen LogP contribution in [0, 0.1) is 5.92 Å². The van der Waals surface area contributed by atoms with E-state index in [0.717, 1.165) is 137 Å². The van der Waals surface area contributed by atoms with Crippen LogP contribution < -0.4 is 25.2 Å². The molecular weight excluding hydrogens is 1030 g/mol. The standard InChI is InChI=1S/C62H83N11O8/c1-7-46-35-54-55(66-58(46)75)33-45(37-64-54)40-69-25-29-70(30-26-69)51-15-17-53(65-38-51)59(76)63-20-24-67-22-18-44(19-23-67)39-68-27-31-71(32-28-68)60(77)48-12-9-11-47(34-48)49-13-10-21-72(41-49)57(74)43-73(61(78)81-62(3,4)5)42-50-14-16-52(79-6)36-56(50)80-8-2/h9,11-12,14-17,33-38,44,49H,7-8,10,13,18-32,39-43H2,1-6H3,(H,63,76)(H,66,75)/t49-/m1/s1. The molecule has 19 nitrogen and oxygen atoms in total. The van der Waals surface area contributed by atoms with Crippen molar-refractivity contribution in [1.29, 1.82) is 0 Å². The van der Waals surface area contributed by atoms with Crippen LogP contribution in [0.15, 0.2) is 83.9 Å². The van der Waals surface area contributed by atoms with Gasteiger partial charge in [0.15, 0.2) is 0 Å². The van der Waals surface area contributed by atoms with Gasteiger partial charge in [-0.1, -0.05) is 19.1 Å². The van der Waals surface area contributed by atoms with Crippen LogP contribution in [0.2, 0.25) is 0 Å². The topological polar surface area (TPSA) is 189 Å². The highest BCUT2D eigenvalue weighted by atomic mass is 16.6. The first-order valence-corrected chi connectivity index (χ1v) is 29.2. The second-order valence-electron chi connectivity index (χ2n) is 23.1. The van der Waals surface area contributed by atoms with Gasteiger partial charge in [-0.3, -0.25) is 38.9 Å². The Labute approximate surface area is 476 Å². The monoisotopic (exact) mass is 1110 g/mol. The van der Waals surface area contributed by atoms with E-state index in [0.29, 0.717) is 74.4 Å². The van der Waals surface area contributed by atoms with Gasteiger partial charge in [-0.25, -0.2) is 9.78 Å². The van der Waals surface area contributed by atoms with E-state index in [4.69, 9.17) is 14.2 Å². The second kappa shape index (κ2) is 27.1. The third kappa shape index (κ3) is 15.7. The highest BCUT2D eigenvalue weighted by molar-refractivity contribution is 5.94. The minimum absolute atomic E-state index is 0.0380. The van der Waals surface area contributed by atoms with Crippen molar-refractivity contribution in [2.75, 3.05) is 123 Å². The normalized spacial score (nSPS) is 18.0. The Morgan fingerprint density at radius 2 is 1.57 bits per heavy atom. The Morgan fingerprint density at radius 3 is 2.28 bits per heavy atom. The van der Waals surface area contributed by atoms with Crippen molar-refractivity contribution in [2.24, 2.45) is 5.92 Å². The van der Waals surface area contributed by atoms with Crippen LogP contribution in [0.4, 0.5) is 10.5 Å². The van der Waals surface area contributed by atoms with Crippen molar-refractivity contribution in [3.8, 4) is 11.5 Å². The zero-order valence-electron chi connectivity index (χ0n) is 48.4. The number of piperidine rings is 2. The van der Waals surface area contributed by atoms with E-state index in [-0.39, 0.29) is 42.3 Å². The largest absolute Gasteiger partial charge is 0.497 e. The Hall–Kier alpha value is -7.09. The SMILES string of the molecule is CCOc1cc(OC)ccc1CN(CC(=O)N1CCC[C@@H](c2cccc(C(=O)N3CCN(CC4CCN(CCNC(=O)c5ccc(N6CCN(Cc7cnc8cc(CC)c(=O)[nH]c8c7)CC6)cn5)CC4)CC3)c2)C1)C(=O)OC(C)(C)C. The van der Waals surface area contributed by atoms with Crippen molar-refractivity contribution < 1.29 is 33.4 Å². The number of rotatable bonds is 19. The van der Waals surface area contributed by atoms with Crippen LogP contribution in [0.3, 0.4) is 0 Å². The fourth-order valence-electron chi connectivity index (χ4n) is 11.6. The van der Waals surface area contributed by atoms with Crippen LogP contribution in [0.5, 0.6) is 11.5 Å². The number of piperazine rings is 2. The molecule has 3 aromatic heterocycles. The summed E-state index contributed by atoms with van der Waals surface area (Å²) < 4.78 is 17.1. The first-order chi connectivity index (χ1) is 39.1. The van der Waals surface area contributed by atoms with E-state index in [1.165, 1.54) is 4.90 Å². The maximum atomic E-state index is 14.0. The Bertz CT molecular complexity index is 3010. The van der Waals surface area contributed by atoms with Gasteiger partial charge in [-0.2, -0.15) is 0 Å². The quantitative estimate of drug-likeness (QED) is 0.0894. The number of carbonyl (C=O) groups is 4. The molecule has 9 rings (SSSR count). The first-order valence-electron chi connectivity index (χ1n) is 29.2. The number of hydrogen-bond donors (Lipinski definition) is 2. The van der Waals surface area contributed by atoms with Crippen LogP contribution in [-0.4, -0.2) is 192 Å². The first kappa shape index (κ1) is 58.6. The number of pyridine rings is 3. The average molecular weight is 1110 g/mol. The molecule has 4 fully saturated rings. The van der Waals surface area contributed by atoms with E-state index < -0.39 is 11.7 Å². The van der Waals surface area contributed by atoms with Crippen LogP contribution in [0.25, 0.3) is 11.0 Å². The summed E-state index contributed by atoms with van der Waals surface area (Å²) in [5.41, 5.74) is 6.48. The number of aromatic nitrogens is 3. The number of likely N-dealkylation sites (tertiary alicyclic amines) is 2. The molecule has 0 bridgehead atoms. The summed E-state index contributed by atoms with van der Waals surface area (Å²) in [5.74, 6) is 1.58. The van der Waals surface area contributed by atoms with Crippen LogP contribution in [-0.2, 0) is 29.0 Å². The molecule has 4 amide bonds. The Balaban J connectivity index is 0.667. The Kier molecular flexibility index (Phi) is 19.6. The Morgan fingerprint density at radius 1 is 0.790 bits per heavy atom. The predicted octanol–water partition coefficient (Wildman–Crippen LogP) is 6.65. The number of anilines is 1. The van der Waals surface area contributed by atoms with Crippen molar-refractivity contribution in [3.05, 3.63) is 123 Å². The fourth-order valence-corrected chi connectivity index (χ4v) is 11.6. The molecule has 5 aromatic rings. The molecule has 7 heterocycles. The minimum atomic E-state index is -0.750. The minimum Gasteiger partial charge on any atom is -0.497 e. The van der Waals surface area contributed by atoms with Gasteiger partial charge >= 0.3 is 6.09 Å². The maximum absolute atomic E-state index is 14.0. The fraction of sp³-hybridized carbons (Fsp3) is 0.532. The van der Waals surface area contributed by atoms with Crippen molar-refractivity contribution >= 4 is 40.5 Å². The van der Waals surface area contributed by atoms with Gasteiger partial charge in [0.05, 0.1) is 43.2 Å². The third-order valence-corrected chi connectivity index (χ3v) is 16.2. The van der Waals surface area contributed by atoms with E-state index in [1.807, 2.05) is 105 Å². The van der Waals surface area contributed by atoms with Crippen molar-refractivity contribution in [3.63, 3.8) is 0 Å². The van der Waals surface area contributed by atoms with Gasteiger partial charge in [-0.15, -0.1) is 0 Å². The third-order valence-electron chi connectivity index (χ3n) is 16.2. The number of aryl methyl sites for hydroxylation is 1. The summed E-state index contributed by atoms with van der Waals surface area (Å²) >= 11 is 0.